The summed E-state index contributed by atoms with van der Waals surface area (Å²) in [6, 6.07) is 8.37. The molecule has 1 aromatic heterocycles. The van der Waals surface area contributed by atoms with E-state index in [4.69, 9.17) is 9.47 Å². The minimum Gasteiger partial charge on any atom is -0.489 e. The van der Waals surface area contributed by atoms with Crippen LogP contribution in [0.25, 0.3) is 10.8 Å². The highest BCUT2D eigenvalue weighted by molar-refractivity contribution is 6.01. The Balaban J connectivity index is 1.41. The first kappa shape index (κ1) is 23.9. The molecule has 0 amide bonds. The second kappa shape index (κ2) is 8.27. The largest absolute Gasteiger partial charge is 0.489 e. The molecule has 192 valence electrons. The van der Waals surface area contributed by atoms with Crippen molar-refractivity contribution in [1.29, 1.82) is 0 Å². The van der Waals surface area contributed by atoms with Crippen LogP contribution in [0, 0.1) is 17.3 Å². The van der Waals surface area contributed by atoms with Gasteiger partial charge in [0.1, 0.15) is 17.5 Å². The Kier molecular flexibility index (Phi) is 5.34. The van der Waals surface area contributed by atoms with Crippen molar-refractivity contribution in [1.82, 2.24) is 4.98 Å². The van der Waals surface area contributed by atoms with E-state index in [0.29, 0.717) is 17.8 Å². The molecule has 4 aliphatic rings. The molecule has 6 rings (SSSR count). The number of aromatic nitrogens is 1. The highest BCUT2D eigenvalue weighted by Crippen LogP contribution is 2.66. The third-order valence-electron chi connectivity index (χ3n) is 9.21. The second-order valence-electron chi connectivity index (χ2n) is 11.6. The number of allylic oxidation sites excluding steroid dienone is 3. The van der Waals surface area contributed by atoms with Crippen LogP contribution in [-0.4, -0.2) is 39.5 Å². The first-order valence-electron chi connectivity index (χ1n) is 13.0. The average molecular weight is 502 g/mol. The topological polar surface area (TPSA) is 103 Å². The molecular formula is C30H31NO6. The van der Waals surface area contributed by atoms with Gasteiger partial charge >= 0.3 is 11.9 Å². The highest BCUT2D eigenvalue weighted by atomic mass is 16.6. The molecule has 0 bridgehead atoms. The van der Waals surface area contributed by atoms with Crippen molar-refractivity contribution in [2.75, 3.05) is 0 Å². The van der Waals surface area contributed by atoms with Crippen LogP contribution in [0.2, 0.25) is 0 Å². The summed E-state index contributed by atoms with van der Waals surface area (Å²) in [5, 5.41) is 11.7. The van der Waals surface area contributed by atoms with E-state index in [0.717, 1.165) is 34.8 Å². The molecule has 37 heavy (non-hydrogen) atoms. The monoisotopic (exact) mass is 501 g/mol. The van der Waals surface area contributed by atoms with E-state index in [1.165, 1.54) is 6.92 Å². The number of nitrogens with zero attached hydrogens (tertiary/aromatic N) is 1. The van der Waals surface area contributed by atoms with Crippen molar-refractivity contribution >= 4 is 28.5 Å². The quantitative estimate of drug-likeness (QED) is 0.584. The Bertz CT molecular complexity index is 1410. The maximum atomic E-state index is 12.8. The summed E-state index contributed by atoms with van der Waals surface area (Å²) >= 11 is 0. The number of carbonyl (C=O) groups excluding carboxylic acids is 2. The Morgan fingerprint density at radius 2 is 1.97 bits per heavy atom. The van der Waals surface area contributed by atoms with Crippen molar-refractivity contribution in [3.8, 4) is 0 Å². The lowest BCUT2D eigenvalue weighted by atomic mass is 9.60. The third-order valence-corrected chi connectivity index (χ3v) is 9.21. The Labute approximate surface area is 215 Å². The van der Waals surface area contributed by atoms with E-state index >= 15 is 0 Å². The zero-order chi connectivity index (χ0) is 26.1. The predicted molar refractivity (Wildman–Crippen MR) is 135 cm³/mol. The lowest BCUT2D eigenvalue weighted by Gasteiger charge is -2.48. The van der Waals surface area contributed by atoms with E-state index in [1.807, 2.05) is 25.3 Å². The number of aliphatic carboxylic acids is 1. The number of Topliss-reactive ketones (excluding diaryl/α,β-unsaturated/α-hetero) is 1. The van der Waals surface area contributed by atoms with Gasteiger partial charge in [-0.3, -0.25) is 19.4 Å². The maximum absolute atomic E-state index is 12.8. The molecule has 7 nitrogen and oxygen atoms in total. The van der Waals surface area contributed by atoms with Gasteiger partial charge in [0.05, 0.1) is 11.5 Å². The van der Waals surface area contributed by atoms with Gasteiger partial charge in [-0.2, -0.15) is 0 Å². The summed E-state index contributed by atoms with van der Waals surface area (Å²) in [5.74, 6) is -1.75. The van der Waals surface area contributed by atoms with Crippen molar-refractivity contribution in [2.45, 2.75) is 70.5 Å². The van der Waals surface area contributed by atoms with Crippen LogP contribution >= 0.6 is 0 Å². The van der Waals surface area contributed by atoms with Crippen molar-refractivity contribution in [2.24, 2.45) is 17.3 Å². The van der Waals surface area contributed by atoms with E-state index in [9.17, 15) is 19.5 Å². The Morgan fingerprint density at radius 1 is 1.16 bits per heavy atom. The maximum Gasteiger partial charge on any atom is 0.307 e. The first-order chi connectivity index (χ1) is 17.6. The Hall–Kier alpha value is -3.48. The minimum absolute atomic E-state index is 0.0105. The smallest absolute Gasteiger partial charge is 0.307 e. The van der Waals surface area contributed by atoms with Gasteiger partial charge in [0.15, 0.2) is 5.78 Å². The molecule has 1 aliphatic heterocycles. The number of fused-ring (bicyclic) bond motifs is 4. The number of pyridine rings is 1. The summed E-state index contributed by atoms with van der Waals surface area (Å²) in [4.78, 5) is 41.1. The molecule has 2 saturated carbocycles. The number of esters is 1. The molecule has 2 heterocycles. The third kappa shape index (κ3) is 3.70. The standard InChI is InChI=1S/C30H31NO6/c1-16(32)37-30(3)14-23-26-18(11-22-24(33)12-20(28(34)35)13-25(22)36-26)6-8-29(23,2)27(30)19-5-4-17-7-9-31-15-21(17)10-19/h4-5,7,9-11,15,20,23,26-27H,6,8,12-14H2,1-3H3,(H,34,35)/t20?,23-,26+,27+,29-,30?/m0/s1. The fourth-order valence-corrected chi connectivity index (χ4v) is 7.73. The minimum atomic E-state index is -0.971. The first-order valence-corrected chi connectivity index (χ1v) is 13.0. The molecule has 7 heteroatoms. The summed E-state index contributed by atoms with van der Waals surface area (Å²) in [7, 11) is 0. The van der Waals surface area contributed by atoms with Crippen LogP contribution in [0.15, 0.2) is 59.6 Å². The Morgan fingerprint density at radius 3 is 2.73 bits per heavy atom. The van der Waals surface area contributed by atoms with Crippen LogP contribution in [0.1, 0.15) is 64.4 Å². The number of carbonyl (C=O) groups is 3. The van der Waals surface area contributed by atoms with Crippen LogP contribution in [0.4, 0.5) is 0 Å². The fraction of sp³-hybridized carbons (Fsp3) is 0.467. The van der Waals surface area contributed by atoms with Crippen molar-refractivity contribution in [3.63, 3.8) is 0 Å². The molecule has 2 fully saturated rings. The van der Waals surface area contributed by atoms with Gasteiger partial charge < -0.3 is 14.6 Å². The zero-order valence-electron chi connectivity index (χ0n) is 21.3. The summed E-state index contributed by atoms with van der Waals surface area (Å²) in [5.41, 5.74) is 1.73. The van der Waals surface area contributed by atoms with Gasteiger partial charge in [0, 0.05) is 49.4 Å². The SMILES string of the molecule is CC(=O)OC1(C)C[C@H]2[C@@H]3OC4=C(C=C3CC[C@]2(C)[C@H]1c1ccc2ccncc2c1)C(=O)CC(C(=O)O)C4. The highest BCUT2D eigenvalue weighted by Gasteiger charge is 2.64. The van der Waals surface area contributed by atoms with Gasteiger partial charge in [-0.1, -0.05) is 19.1 Å². The van der Waals surface area contributed by atoms with E-state index in [1.54, 1.807) is 6.20 Å². The van der Waals surface area contributed by atoms with E-state index in [2.05, 4.69) is 30.1 Å². The number of benzene rings is 1. The molecule has 2 aromatic rings. The van der Waals surface area contributed by atoms with Crippen LogP contribution in [-0.2, 0) is 23.9 Å². The van der Waals surface area contributed by atoms with Crippen LogP contribution in [0.5, 0.6) is 0 Å². The lowest BCUT2D eigenvalue weighted by Crippen LogP contribution is -2.44. The molecule has 1 N–H and O–H groups in total. The number of carboxylic acids is 1. The zero-order valence-corrected chi connectivity index (χ0v) is 21.3. The van der Waals surface area contributed by atoms with Gasteiger partial charge in [0.25, 0.3) is 0 Å². The summed E-state index contributed by atoms with van der Waals surface area (Å²) in [6.07, 6.45) is 7.80. The lowest BCUT2D eigenvalue weighted by molar-refractivity contribution is -0.157. The normalized spacial score (nSPS) is 34.7. The number of hydrogen-bond donors (Lipinski definition) is 1. The van der Waals surface area contributed by atoms with E-state index < -0.39 is 17.5 Å². The number of ether oxygens (including phenoxy) is 2. The van der Waals surface area contributed by atoms with E-state index in [-0.39, 0.29) is 47.9 Å². The van der Waals surface area contributed by atoms with Gasteiger partial charge in [-0.05, 0) is 66.3 Å². The number of ketones is 1. The molecule has 3 aliphatic carbocycles. The molecule has 6 atom stereocenters. The van der Waals surface area contributed by atoms with Gasteiger partial charge in [-0.25, -0.2) is 0 Å². The number of rotatable bonds is 3. The average Bonchev–Trinajstić information content (AvgIpc) is 3.08. The second-order valence-corrected chi connectivity index (χ2v) is 11.6. The van der Waals surface area contributed by atoms with Crippen LogP contribution in [0.3, 0.4) is 0 Å². The van der Waals surface area contributed by atoms with Gasteiger partial charge in [0.2, 0.25) is 0 Å². The van der Waals surface area contributed by atoms with Crippen LogP contribution < -0.4 is 0 Å². The summed E-state index contributed by atoms with van der Waals surface area (Å²) in [6.45, 7) is 5.74. The molecule has 0 saturated heterocycles. The molecule has 0 spiro atoms. The molecule has 2 unspecified atom stereocenters. The summed E-state index contributed by atoms with van der Waals surface area (Å²) < 4.78 is 12.7. The molecule has 0 radical (unpaired) electrons. The van der Waals surface area contributed by atoms with Crippen molar-refractivity contribution in [3.05, 3.63) is 65.2 Å². The molecular weight excluding hydrogens is 470 g/mol. The number of carboxylic acid groups (broad SMARTS) is 1. The number of hydrogen-bond acceptors (Lipinski definition) is 6. The fourth-order valence-electron chi connectivity index (χ4n) is 7.73. The van der Waals surface area contributed by atoms with Crippen molar-refractivity contribution < 1.29 is 29.0 Å². The molecule has 1 aromatic carbocycles. The van der Waals surface area contributed by atoms with Gasteiger partial charge in [-0.15, -0.1) is 0 Å². The predicted octanol–water partition coefficient (Wildman–Crippen LogP) is 5.10.